The molecule has 1 spiro atoms. The van der Waals surface area contributed by atoms with Crippen LogP contribution in [0.15, 0.2) is 29.2 Å². The van der Waals surface area contributed by atoms with Gasteiger partial charge in [-0.25, -0.2) is 16.8 Å². The molecule has 1 saturated heterocycles. The Morgan fingerprint density at radius 3 is 2.59 bits per heavy atom. The molecule has 6 nitrogen and oxygen atoms in total. The summed E-state index contributed by atoms with van der Waals surface area (Å²) in [6, 6.07) is 6.93. The van der Waals surface area contributed by atoms with Crippen LogP contribution in [0.25, 0.3) is 0 Å². The molecule has 1 atom stereocenters. The largest absolute Gasteiger partial charge is 0.244 e. The van der Waals surface area contributed by atoms with Crippen LogP contribution in [0.3, 0.4) is 0 Å². The molecule has 2 aliphatic heterocycles. The smallest absolute Gasteiger partial charge is 0.212 e. The van der Waals surface area contributed by atoms with E-state index in [0.717, 1.165) is 18.4 Å². The van der Waals surface area contributed by atoms with Gasteiger partial charge >= 0.3 is 0 Å². The molecule has 1 aliphatic carbocycles. The molecule has 1 aromatic rings. The van der Waals surface area contributed by atoms with Gasteiger partial charge < -0.3 is 0 Å². The van der Waals surface area contributed by atoms with Crippen molar-refractivity contribution < 1.29 is 16.8 Å². The van der Waals surface area contributed by atoms with Crippen molar-refractivity contribution in [3.05, 3.63) is 29.8 Å². The summed E-state index contributed by atoms with van der Waals surface area (Å²) in [5.41, 5.74) is -0.0248. The van der Waals surface area contributed by atoms with Gasteiger partial charge in [0.1, 0.15) is 0 Å². The molecule has 22 heavy (non-hydrogen) atoms. The maximum Gasteiger partial charge on any atom is 0.244 e. The van der Waals surface area contributed by atoms with Gasteiger partial charge in [0.05, 0.1) is 15.7 Å². The van der Waals surface area contributed by atoms with Crippen LogP contribution in [0.4, 0.5) is 0 Å². The van der Waals surface area contributed by atoms with E-state index in [1.807, 2.05) is 12.1 Å². The Morgan fingerprint density at radius 1 is 1.23 bits per heavy atom. The van der Waals surface area contributed by atoms with Crippen molar-refractivity contribution in [2.75, 3.05) is 20.1 Å². The molecule has 0 bridgehead atoms. The van der Waals surface area contributed by atoms with Gasteiger partial charge in [0.15, 0.2) is 0 Å². The van der Waals surface area contributed by atoms with Crippen LogP contribution in [-0.4, -0.2) is 50.8 Å². The third-order valence-corrected chi connectivity index (χ3v) is 9.48. The monoisotopic (exact) mass is 342 g/mol. The van der Waals surface area contributed by atoms with Crippen LogP contribution in [0.2, 0.25) is 0 Å². The van der Waals surface area contributed by atoms with Gasteiger partial charge in [0.25, 0.3) is 0 Å². The molecule has 2 fully saturated rings. The number of nitrogens with zero attached hydrogens (tertiary/aromatic N) is 2. The van der Waals surface area contributed by atoms with E-state index in [2.05, 4.69) is 0 Å². The van der Waals surface area contributed by atoms with Crippen LogP contribution in [0.1, 0.15) is 24.8 Å². The molecule has 2 heterocycles. The third-order valence-electron chi connectivity index (χ3n) is 5.15. The average molecular weight is 342 g/mol. The summed E-state index contributed by atoms with van der Waals surface area (Å²) < 4.78 is 53.0. The number of sulfonamides is 2. The quantitative estimate of drug-likeness (QED) is 0.793. The number of benzene rings is 1. The molecule has 0 unspecified atom stereocenters. The maximum atomic E-state index is 12.6. The first-order valence-electron chi connectivity index (χ1n) is 7.38. The Hall–Kier alpha value is -0.960. The Bertz CT molecular complexity index is 845. The Balaban J connectivity index is 1.80. The summed E-state index contributed by atoms with van der Waals surface area (Å²) in [6.07, 6.45) is 1.94. The van der Waals surface area contributed by atoms with Gasteiger partial charge in [-0.2, -0.15) is 8.61 Å². The third kappa shape index (κ3) is 1.72. The Morgan fingerprint density at radius 2 is 1.91 bits per heavy atom. The van der Waals surface area contributed by atoms with E-state index in [1.54, 1.807) is 19.2 Å². The maximum absolute atomic E-state index is 12.6. The summed E-state index contributed by atoms with van der Waals surface area (Å²) in [5, 5.41) is -0.263. The molecule has 8 heteroatoms. The lowest BCUT2D eigenvalue weighted by atomic mass is 9.89. The van der Waals surface area contributed by atoms with E-state index in [-0.39, 0.29) is 11.8 Å². The second-order valence-electron chi connectivity index (χ2n) is 6.33. The molecule has 120 valence electrons. The zero-order valence-electron chi connectivity index (χ0n) is 12.3. The fourth-order valence-electron chi connectivity index (χ4n) is 3.65. The second-order valence-corrected chi connectivity index (χ2v) is 10.5. The van der Waals surface area contributed by atoms with Crippen LogP contribution < -0.4 is 0 Å². The minimum Gasteiger partial charge on any atom is -0.212 e. The topological polar surface area (TPSA) is 74.8 Å². The van der Waals surface area contributed by atoms with Crippen LogP contribution in [0, 0.1) is 0 Å². The summed E-state index contributed by atoms with van der Waals surface area (Å²) in [5.74, 6) is 0. The fourth-order valence-corrected chi connectivity index (χ4v) is 7.34. The standard InChI is InChI=1S/C14H18N2O4S2/c1-15-14(12-4-2-3-5-13(12)22(15,19)20)8-9-16(10-14)21(17,18)11-6-7-11/h2-5,11H,6-10H2,1H3/t14-/m0/s1. The molecular formula is C14H18N2O4S2. The van der Waals surface area contributed by atoms with Crippen LogP contribution in [0.5, 0.6) is 0 Å². The lowest BCUT2D eigenvalue weighted by Crippen LogP contribution is -2.44. The predicted octanol–water partition coefficient (Wildman–Crippen LogP) is 0.714. The number of hydrogen-bond donors (Lipinski definition) is 0. The van der Waals surface area contributed by atoms with Crippen molar-refractivity contribution in [3.63, 3.8) is 0 Å². The number of likely N-dealkylation sites (N-methyl/N-ethyl adjacent to an activating group) is 1. The Kier molecular flexibility index (Phi) is 2.87. The zero-order chi connectivity index (χ0) is 15.8. The van der Waals surface area contributed by atoms with E-state index >= 15 is 0 Å². The molecule has 0 N–H and O–H groups in total. The highest BCUT2D eigenvalue weighted by Crippen LogP contribution is 2.49. The van der Waals surface area contributed by atoms with Gasteiger partial charge in [-0.05, 0) is 30.9 Å². The molecule has 3 aliphatic rings. The van der Waals surface area contributed by atoms with Crippen LogP contribution in [-0.2, 0) is 25.6 Å². The first-order chi connectivity index (χ1) is 10.3. The minimum atomic E-state index is -3.54. The molecular weight excluding hydrogens is 324 g/mol. The average Bonchev–Trinajstić information content (AvgIpc) is 3.23. The van der Waals surface area contributed by atoms with Crippen molar-refractivity contribution in [1.82, 2.24) is 8.61 Å². The number of rotatable bonds is 2. The number of fused-ring (bicyclic) bond motifs is 2. The molecule has 1 aromatic carbocycles. The highest BCUT2D eigenvalue weighted by Gasteiger charge is 2.57. The van der Waals surface area contributed by atoms with E-state index < -0.39 is 25.6 Å². The minimum absolute atomic E-state index is 0.221. The van der Waals surface area contributed by atoms with E-state index in [1.165, 1.54) is 8.61 Å². The lowest BCUT2D eigenvalue weighted by molar-refractivity contribution is 0.245. The normalized spacial score (nSPS) is 31.7. The highest BCUT2D eigenvalue weighted by atomic mass is 32.2. The second kappa shape index (κ2) is 4.31. The first kappa shape index (κ1) is 14.6. The van der Waals surface area contributed by atoms with E-state index in [0.29, 0.717) is 17.9 Å². The summed E-state index contributed by atoms with van der Waals surface area (Å²) in [7, 11) is -5.26. The highest BCUT2D eigenvalue weighted by molar-refractivity contribution is 7.90. The first-order valence-corrected chi connectivity index (χ1v) is 10.3. The van der Waals surface area contributed by atoms with Crippen molar-refractivity contribution in [2.24, 2.45) is 0 Å². The molecule has 0 amide bonds. The Labute approximate surface area is 130 Å². The lowest BCUT2D eigenvalue weighted by Gasteiger charge is -2.31. The van der Waals surface area contributed by atoms with Crippen LogP contribution >= 0.6 is 0 Å². The van der Waals surface area contributed by atoms with E-state index in [9.17, 15) is 16.8 Å². The zero-order valence-corrected chi connectivity index (χ0v) is 13.9. The van der Waals surface area contributed by atoms with Gasteiger partial charge in [-0.3, -0.25) is 0 Å². The summed E-state index contributed by atoms with van der Waals surface area (Å²) in [4.78, 5) is 0.308. The van der Waals surface area contributed by atoms with E-state index in [4.69, 9.17) is 0 Å². The van der Waals surface area contributed by atoms with Crippen molar-refractivity contribution in [3.8, 4) is 0 Å². The molecule has 4 rings (SSSR count). The predicted molar refractivity (Wildman–Crippen MR) is 81.2 cm³/mol. The molecule has 0 aromatic heterocycles. The van der Waals surface area contributed by atoms with Crippen molar-refractivity contribution in [1.29, 1.82) is 0 Å². The SMILES string of the molecule is CN1[C@]2(CCN(S(=O)(=O)C3CC3)C2)c2ccccc2S1(=O)=O. The van der Waals surface area contributed by atoms with Gasteiger partial charge in [0, 0.05) is 20.1 Å². The van der Waals surface area contributed by atoms with Gasteiger partial charge in [-0.15, -0.1) is 0 Å². The van der Waals surface area contributed by atoms with Crippen molar-refractivity contribution >= 4 is 20.0 Å². The van der Waals surface area contributed by atoms with Crippen molar-refractivity contribution in [2.45, 2.75) is 34.9 Å². The summed E-state index contributed by atoms with van der Waals surface area (Å²) >= 11 is 0. The summed E-state index contributed by atoms with van der Waals surface area (Å²) in [6.45, 7) is 0.603. The van der Waals surface area contributed by atoms with Gasteiger partial charge in [-0.1, -0.05) is 18.2 Å². The molecule has 0 radical (unpaired) electrons. The van der Waals surface area contributed by atoms with Gasteiger partial charge in [0.2, 0.25) is 20.0 Å². The molecule has 1 saturated carbocycles. The number of hydrogen-bond acceptors (Lipinski definition) is 4. The fraction of sp³-hybridized carbons (Fsp3) is 0.571.